The Morgan fingerprint density at radius 1 is 0.818 bits per heavy atom. The van der Waals surface area contributed by atoms with Crippen molar-refractivity contribution in [3.63, 3.8) is 0 Å². The van der Waals surface area contributed by atoms with Crippen LogP contribution < -0.4 is 33.2 Å². The van der Waals surface area contributed by atoms with E-state index in [0.717, 1.165) is 0 Å². The van der Waals surface area contributed by atoms with E-state index in [-0.39, 0.29) is 26.6 Å². The van der Waals surface area contributed by atoms with Gasteiger partial charge in [-0.15, -0.1) is 0 Å². The fourth-order valence-electron chi connectivity index (χ4n) is 2.39. The molecule has 0 aromatic carbocycles. The summed E-state index contributed by atoms with van der Waals surface area (Å²) in [7, 11) is -4.40. The molecule has 12 N–H and O–H groups in total. The molecule has 0 amide bonds. The number of nitrogens with two attached hydrogens (primary N) is 3. The molecular weight excluding hydrogens is 458 g/mol. The van der Waals surface area contributed by atoms with Crippen molar-refractivity contribution in [2.45, 2.75) is 12.8 Å². The molecule has 33 heavy (non-hydrogen) atoms. The molecule has 0 aromatic heterocycles. The lowest BCUT2D eigenvalue weighted by molar-refractivity contribution is 0.117. The van der Waals surface area contributed by atoms with Gasteiger partial charge in [0.2, 0.25) is 0 Å². The fraction of sp³-hybridized carbons (Fsp3) is 0.667. The fourth-order valence-corrected chi connectivity index (χ4v) is 2.72. The van der Waals surface area contributed by atoms with Crippen molar-refractivity contribution >= 4 is 10.4 Å². The molecule has 0 aliphatic heterocycles. The predicted octanol–water partition coefficient (Wildman–Crippen LogP) is -2.98. The van der Waals surface area contributed by atoms with Gasteiger partial charge in [-0.05, 0) is 12.8 Å². The molecule has 0 heterocycles. The van der Waals surface area contributed by atoms with Crippen molar-refractivity contribution in [2.24, 2.45) is 17.2 Å². The van der Waals surface area contributed by atoms with E-state index in [1.807, 2.05) is 4.90 Å². The Hall–Kier alpha value is -2.27. The zero-order valence-electron chi connectivity index (χ0n) is 18.8. The lowest BCUT2D eigenvalue weighted by atomic mass is 10.3. The van der Waals surface area contributed by atoms with E-state index in [1.165, 1.54) is 0 Å². The third-order valence-electron chi connectivity index (χ3n) is 3.69. The van der Waals surface area contributed by atoms with Gasteiger partial charge >= 0.3 is 10.4 Å². The van der Waals surface area contributed by atoms with Gasteiger partial charge in [0.1, 0.15) is 6.73 Å². The van der Waals surface area contributed by atoms with Crippen LogP contribution in [0.3, 0.4) is 0 Å². The van der Waals surface area contributed by atoms with Gasteiger partial charge in [-0.1, -0.05) is 0 Å². The minimum Gasteiger partial charge on any atom is -0.400 e. The van der Waals surface area contributed by atoms with E-state index in [2.05, 4.69) is 20.1 Å². The zero-order valence-corrected chi connectivity index (χ0v) is 19.6. The van der Waals surface area contributed by atoms with Crippen LogP contribution in [0.25, 0.3) is 0 Å². The maximum absolute atomic E-state index is 10.4. The summed E-state index contributed by atoms with van der Waals surface area (Å²) < 4.78 is 38.8. The number of ether oxygens (including phenoxy) is 1. The first-order chi connectivity index (χ1) is 15.7. The third kappa shape index (κ3) is 21.3. The Labute approximate surface area is 195 Å². The van der Waals surface area contributed by atoms with Gasteiger partial charge in [0.05, 0.1) is 19.8 Å². The van der Waals surface area contributed by atoms with E-state index in [9.17, 15) is 8.42 Å². The molecule has 14 nitrogen and oxygen atoms in total. The zero-order chi connectivity index (χ0) is 25.0. The van der Waals surface area contributed by atoms with Crippen LogP contribution in [0.1, 0.15) is 12.8 Å². The van der Waals surface area contributed by atoms with E-state index >= 15 is 0 Å². The van der Waals surface area contributed by atoms with Crippen LogP contribution >= 0.6 is 0 Å². The molecule has 194 valence electrons. The molecule has 0 radical (unpaired) electrons. The van der Waals surface area contributed by atoms with Crippen molar-refractivity contribution in [2.75, 3.05) is 65.9 Å². The summed E-state index contributed by atoms with van der Waals surface area (Å²) in [5.74, 6) is 0. The van der Waals surface area contributed by atoms with E-state index in [0.29, 0.717) is 69.3 Å². The second kappa shape index (κ2) is 19.2. The second-order valence-corrected chi connectivity index (χ2v) is 7.96. The SMILES string of the molecule is N/C(=C\NCCO)CN(C/C(N)=C/NCCO)C/C(N)=C/NCOCCCCOS(=O)(=O)O. The van der Waals surface area contributed by atoms with Gasteiger partial charge in [-0.2, -0.15) is 8.42 Å². The van der Waals surface area contributed by atoms with Crippen LogP contribution in [-0.4, -0.2) is 94.0 Å². The standard InChI is InChI=1S/C18H39N7O7S/c19-16(9-22-3-5-26)12-25(13-17(20)10-23-4-6-27)14-18(21)11-24-15-31-7-1-2-8-32-33(28,29)30/h9-11,22-24,26-27H,1-8,12-15,19-21H2,(H,28,29,30)/b16-9-,17-10-,18-11-. The lowest BCUT2D eigenvalue weighted by Crippen LogP contribution is -2.36. The normalized spacial score (nSPS) is 13.4. The Morgan fingerprint density at radius 3 is 1.73 bits per heavy atom. The average molecular weight is 498 g/mol. The van der Waals surface area contributed by atoms with Gasteiger partial charge in [0.15, 0.2) is 0 Å². The highest BCUT2D eigenvalue weighted by molar-refractivity contribution is 7.80. The number of rotatable bonds is 21. The van der Waals surface area contributed by atoms with E-state index < -0.39 is 10.4 Å². The maximum Gasteiger partial charge on any atom is 0.397 e. The summed E-state index contributed by atoms with van der Waals surface area (Å²) in [5, 5.41) is 26.4. The number of nitrogens with zero attached hydrogens (tertiary/aromatic N) is 1. The van der Waals surface area contributed by atoms with Gasteiger partial charge in [0.25, 0.3) is 0 Å². The molecule has 0 saturated carbocycles. The first-order valence-corrected chi connectivity index (χ1v) is 11.7. The molecule has 0 aliphatic rings. The number of hydrogen-bond acceptors (Lipinski definition) is 13. The van der Waals surface area contributed by atoms with Crippen molar-refractivity contribution < 1.29 is 32.1 Å². The molecular formula is C18H39N7O7S. The molecule has 0 fully saturated rings. The summed E-state index contributed by atoms with van der Waals surface area (Å²) in [5.41, 5.74) is 19.7. The van der Waals surface area contributed by atoms with E-state index in [4.69, 9.17) is 36.7 Å². The largest absolute Gasteiger partial charge is 0.400 e. The number of unbranched alkanes of at least 4 members (excludes halogenated alkanes) is 1. The molecule has 0 bridgehead atoms. The minimum atomic E-state index is -4.40. The summed E-state index contributed by atoms with van der Waals surface area (Å²) in [6.45, 7) is 2.27. The molecule has 0 unspecified atom stereocenters. The monoisotopic (exact) mass is 497 g/mol. The molecule has 0 aliphatic carbocycles. The first kappa shape index (κ1) is 30.7. The highest BCUT2D eigenvalue weighted by atomic mass is 32.3. The first-order valence-electron chi connectivity index (χ1n) is 10.3. The van der Waals surface area contributed by atoms with Crippen LogP contribution in [0.15, 0.2) is 35.7 Å². The highest BCUT2D eigenvalue weighted by Gasteiger charge is 2.09. The predicted molar refractivity (Wildman–Crippen MR) is 124 cm³/mol. The second-order valence-electron chi connectivity index (χ2n) is 6.87. The smallest absolute Gasteiger partial charge is 0.397 e. The molecule has 15 heteroatoms. The van der Waals surface area contributed by atoms with Gasteiger partial charge in [0, 0.05) is 75.0 Å². The number of hydrogen-bond donors (Lipinski definition) is 9. The molecule has 0 atom stereocenters. The van der Waals surface area contributed by atoms with Crippen molar-refractivity contribution in [1.82, 2.24) is 20.9 Å². The number of aliphatic hydroxyl groups is 2. The Kier molecular flexibility index (Phi) is 17.9. The van der Waals surface area contributed by atoms with Gasteiger partial charge in [-0.3, -0.25) is 9.45 Å². The Morgan fingerprint density at radius 2 is 1.27 bits per heavy atom. The molecule has 0 spiro atoms. The van der Waals surface area contributed by atoms with E-state index in [1.54, 1.807) is 18.6 Å². The number of aliphatic hydroxyl groups excluding tert-OH is 2. The molecule has 0 rings (SSSR count). The topological polar surface area (TPSA) is 231 Å². The highest BCUT2D eigenvalue weighted by Crippen LogP contribution is 2.00. The van der Waals surface area contributed by atoms with Crippen molar-refractivity contribution in [3.05, 3.63) is 35.7 Å². The summed E-state index contributed by atoms with van der Waals surface area (Å²) in [4.78, 5) is 1.91. The van der Waals surface area contributed by atoms with Crippen LogP contribution in [0.5, 0.6) is 0 Å². The Balaban J connectivity index is 4.49. The Bertz CT molecular complexity index is 676. The summed E-state index contributed by atoms with van der Waals surface area (Å²) >= 11 is 0. The number of nitrogens with one attached hydrogen (secondary N) is 3. The summed E-state index contributed by atoms with van der Waals surface area (Å²) in [6, 6.07) is 0. The average Bonchev–Trinajstić information content (AvgIpc) is 2.72. The van der Waals surface area contributed by atoms with Crippen LogP contribution in [0.2, 0.25) is 0 Å². The summed E-state index contributed by atoms with van der Waals surface area (Å²) in [6.07, 6.45) is 5.79. The molecule has 0 aromatic rings. The van der Waals surface area contributed by atoms with Crippen molar-refractivity contribution in [3.8, 4) is 0 Å². The van der Waals surface area contributed by atoms with Crippen LogP contribution in [0, 0.1) is 0 Å². The van der Waals surface area contributed by atoms with Gasteiger partial charge in [-0.25, -0.2) is 4.18 Å². The minimum absolute atomic E-state index is 0.0124. The third-order valence-corrected chi connectivity index (χ3v) is 4.16. The van der Waals surface area contributed by atoms with Gasteiger partial charge < -0.3 is 48.1 Å². The van der Waals surface area contributed by atoms with Crippen LogP contribution in [0.4, 0.5) is 0 Å². The van der Waals surface area contributed by atoms with Crippen molar-refractivity contribution in [1.29, 1.82) is 0 Å². The maximum atomic E-state index is 10.4. The molecule has 0 saturated heterocycles. The van der Waals surface area contributed by atoms with Crippen LogP contribution in [-0.2, 0) is 19.3 Å². The quantitative estimate of drug-likeness (QED) is 0.0437. The lowest BCUT2D eigenvalue weighted by Gasteiger charge is -2.23.